The highest BCUT2D eigenvalue weighted by atomic mass is 16.2. The summed E-state index contributed by atoms with van der Waals surface area (Å²) in [6.45, 7) is 4.59. The van der Waals surface area contributed by atoms with E-state index in [0.29, 0.717) is 13.1 Å². The van der Waals surface area contributed by atoms with E-state index in [0.717, 1.165) is 32.4 Å². The van der Waals surface area contributed by atoms with Gasteiger partial charge in [0.25, 0.3) is 0 Å². The molecule has 2 N–H and O–H groups in total. The van der Waals surface area contributed by atoms with Crippen molar-refractivity contribution in [2.24, 2.45) is 0 Å². The summed E-state index contributed by atoms with van der Waals surface area (Å²) in [6.07, 6.45) is 2.67. The highest BCUT2D eigenvalue weighted by molar-refractivity contribution is 5.88. The van der Waals surface area contributed by atoms with Crippen LogP contribution in [0, 0.1) is 0 Å². The van der Waals surface area contributed by atoms with Crippen molar-refractivity contribution in [2.45, 2.75) is 38.8 Å². The lowest BCUT2D eigenvalue weighted by Crippen LogP contribution is -2.48. The Labute approximate surface area is 132 Å². The largest absolute Gasteiger partial charge is 0.354 e. The van der Waals surface area contributed by atoms with Crippen molar-refractivity contribution in [1.82, 2.24) is 15.5 Å². The Morgan fingerprint density at radius 2 is 2.09 bits per heavy atom. The van der Waals surface area contributed by atoms with Gasteiger partial charge in [-0.25, -0.2) is 0 Å². The van der Waals surface area contributed by atoms with Gasteiger partial charge >= 0.3 is 0 Å². The summed E-state index contributed by atoms with van der Waals surface area (Å²) in [5.74, 6) is -0.142. The number of carbonyl (C=O) groups excluding carboxylic acids is 2. The van der Waals surface area contributed by atoms with Crippen molar-refractivity contribution in [3.05, 3.63) is 35.9 Å². The maximum Gasteiger partial charge on any atom is 0.242 e. The summed E-state index contributed by atoms with van der Waals surface area (Å²) < 4.78 is 0. The van der Waals surface area contributed by atoms with Crippen LogP contribution in [-0.2, 0) is 16.1 Å². The van der Waals surface area contributed by atoms with Crippen molar-refractivity contribution >= 4 is 11.8 Å². The van der Waals surface area contributed by atoms with E-state index in [-0.39, 0.29) is 17.9 Å². The van der Waals surface area contributed by atoms with Gasteiger partial charge in [0.1, 0.15) is 6.04 Å². The van der Waals surface area contributed by atoms with Gasteiger partial charge in [-0.2, -0.15) is 0 Å². The van der Waals surface area contributed by atoms with Crippen molar-refractivity contribution < 1.29 is 9.59 Å². The molecule has 2 amide bonds. The monoisotopic (exact) mass is 303 g/mol. The Hall–Kier alpha value is -1.88. The van der Waals surface area contributed by atoms with E-state index >= 15 is 0 Å². The van der Waals surface area contributed by atoms with Crippen LogP contribution >= 0.6 is 0 Å². The van der Waals surface area contributed by atoms with Gasteiger partial charge in [-0.15, -0.1) is 0 Å². The first kappa shape index (κ1) is 16.5. The van der Waals surface area contributed by atoms with Gasteiger partial charge in [0.2, 0.25) is 11.8 Å². The van der Waals surface area contributed by atoms with Gasteiger partial charge < -0.3 is 10.6 Å². The zero-order valence-corrected chi connectivity index (χ0v) is 13.2. The number of likely N-dealkylation sites (N-methyl/N-ethyl adjacent to an activating group) is 1. The third-order valence-corrected chi connectivity index (χ3v) is 3.93. The molecular weight excluding hydrogens is 278 g/mol. The second kappa shape index (κ2) is 8.54. The van der Waals surface area contributed by atoms with Gasteiger partial charge in [0, 0.05) is 13.1 Å². The molecule has 1 heterocycles. The van der Waals surface area contributed by atoms with Crippen molar-refractivity contribution in [3.8, 4) is 0 Å². The first-order valence-electron chi connectivity index (χ1n) is 8.02. The van der Waals surface area contributed by atoms with Crippen LogP contribution in [0.4, 0.5) is 0 Å². The molecule has 0 aromatic heterocycles. The number of benzene rings is 1. The lowest BCUT2D eigenvalue weighted by atomic mass is 10.1. The molecule has 1 aromatic rings. The number of nitrogens with zero attached hydrogens (tertiary/aromatic N) is 1. The average Bonchev–Trinajstić information content (AvgIpc) is 2.72. The summed E-state index contributed by atoms with van der Waals surface area (Å²) in [7, 11) is 0. The molecule has 1 saturated heterocycles. The summed E-state index contributed by atoms with van der Waals surface area (Å²) in [5.41, 5.74) is 1.18. The molecule has 0 radical (unpaired) electrons. The molecule has 0 aliphatic carbocycles. The predicted molar refractivity (Wildman–Crippen MR) is 86.2 cm³/mol. The number of amides is 2. The third kappa shape index (κ3) is 5.15. The van der Waals surface area contributed by atoms with Crippen molar-refractivity contribution in [3.63, 3.8) is 0 Å². The highest BCUT2D eigenvalue weighted by Crippen LogP contribution is 2.06. The Kier molecular flexibility index (Phi) is 6.40. The van der Waals surface area contributed by atoms with E-state index in [1.54, 1.807) is 0 Å². The lowest BCUT2D eigenvalue weighted by Gasteiger charge is -2.22. The SMILES string of the molecule is CCN(CC(=O)N[C@H]1CCCCNC1=O)Cc1ccccc1. The Morgan fingerprint density at radius 3 is 2.82 bits per heavy atom. The maximum atomic E-state index is 12.2. The zero-order valence-electron chi connectivity index (χ0n) is 13.2. The molecule has 0 bridgehead atoms. The minimum atomic E-state index is -0.384. The average molecular weight is 303 g/mol. The summed E-state index contributed by atoms with van der Waals surface area (Å²) in [5, 5.41) is 5.71. The first-order chi connectivity index (χ1) is 10.7. The molecule has 1 aliphatic rings. The molecular formula is C17H25N3O2. The van der Waals surface area contributed by atoms with Crippen LogP contribution < -0.4 is 10.6 Å². The molecule has 120 valence electrons. The predicted octanol–water partition coefficient (Wildman–Crippen LogP) is 1.29. The lowest BCUT2D eigenvalue weighted by molar-refractivity contribution is -0.129. The van der Waals surface area contributed by atoms with Crippen LogP contribution in [0.5, 0.6) is 0 Å². The van der Waals surface area contributed by atoms with Crippen molar-refractivity contribution in [1.29, 1.82) is 0 Å². The van der Waals surface area contributed by atoms with Crippen LogP contribution in [0.2, 0.25) is 0 Å². The van der Waals surface area contributed by atoms with Gasteiger partial charge in [0.15, 0.2) is 0 Å². The van der Waals surface area contributed by atoms with Crippen LogP contribution in [-0.4, -0.2) is 42.4 Å². The highest BCUT2D eigenvalue weighted by Gasteiger charge is 2.22. The fourth-order valence-corrected chi connectivity index (χ4v) is 2.64. The minimum absolute atomic E-state index is 0.0584. The zero-order chi connectivity index (χ0) is 15.8. The van der Waals surface area contributed by atoms with Gasteiger partial charge in [-0.05, 0) is 31.4 Å². The van der Waals surface area contributed by atoms with Gasteiger partial charge in [-0.3, -0.25) is 14.5 Å². The number of hydrogen-bond acceptors (Lipinski definition) is 3. The first-order valence-corrected chi connectivity index (χ1v) is 8.02. The molecule has 1 aliphatic heterocycles. The number of nitrogens with one attached hydrogen (secondary N) is 2. The van der Waals surface area contributed by atoms with Crippen LogP contribution in [0.25, 0.3) is 0 Å². The number of hydrogen-bond donors (Lipinski definition) is 2. The van der Waals surface area contributed by atoms with Crippen LogP contribution in [0.1, 0.15) is 31.7 Å². The van der Waals surface area contributed by atoms with Gasteiger partial charge in [-0.1, -0.05) is 37.3 Å². The van der Waals surface area contributed by atoms with E-state index < -0.39 is 0 Å². The number of carbonyl (C=O) groups is 2. The second-order valence-electron chi connectivity index (χ2n) is 5.70. The maximum absolute atomic E-state index is 12.2. The van der Waals surface area contributed by atoms with Gasteiger partial charge in [0.05, 0.1) is 6.54 Å². The van der Waals surface area contributed by atoms with E-state index in [2.05, 4.69) is 27.7 Å². The second-order valence-corrected chi connectivity index (χ2v) is 5.70. The van der Waals surface area contributed by atoms with E-state index in [1.165, 1.54) is 5.56 Å². The molecule has 2 rings (SSSR count). The molecule has 5 nitrogen and oxygen atoms in total. The van der Waals surface area contributed by atoms with E-state index in [4.69, 9.17) is 0 Å². The van der Waals surface area contributed by atoms with E-state index in [9.17, 15) is 9.59 Å². The third-order valence-electron chi connectivity index (χ3n) is 3.93. The standard InChI is InChI=1S/C17H25N3O2/c1-2-20(12-14-8-4-3-5-9-14)13-16(21)19-15-10-6-7-11-18-17(15)22/h3-5,8-9,15H,2,6-7,10-13H2,1H3,(H,18,22)(H,19,21)/t15-/m0/s1. The summed E-state index contributed by atoms with van der Waals surface area (Å²) >= 11 is 0. The minimum Gasteiger partial charge on any atom is -0.354 e. The molecule has 1 atom stereocenters. The van der Waals surface area contributed by atoms with Crippen molar-refractivity contribution in [2.75, 3.05) is 19.6 Å². The topological polar surface area (TPSA) is 61.4 Å². The summed E-state index contributed by atoms with van der Waals surface area (Å²) in [6, 6.07) is 9.71. The fraction of sp³-hybridized carbons (Fsp3) is 0.529. The fourth-order valence-electron chi connectivity index (χ4n) is 2.64. The summed E-state index contributed by atoms with van der Waals surface area (Å²) in [4.78, 5) is 26.1. The Morgan fingerprint density at radius 1 is 1.32 bits per heavy atom. The Balaban J connectivity index is 1.84. The van der Waals surface area contributed by atoms with E-state index in [1.807, 2.05) is 25.1 Å². The normalized spacial score (nSPS) is 18.6. The molecule has 22 heavy (non-hydrogen) atoms. The molecule has 0 unspecified atom stereocenters. The van der Waals surface area contributed by atoms with Crippen LogP contribution in [0.15, 0.2) is 30.3 Å². The quantitative estimate of drug-likeness (QED) is 0.832. The van der Waals surface area contributed by atoms with Crippen LogP contribution in [0.3, 0.4) is 0 Å². The molecule has 0 saturated carbocycles. The smallest absolute Gasteiger partial charge is 0.242 e. The Bertz CT molecular complexity index is 490. The molecule has 5 heteroatoms. The molecule has 1 fully saturated rings. The molecule has 1 aromatic carbocycles. The molecule has 0 spiro atoms. The number of rotatable bonds is 6.